The highest BCUT2D eigenvalue weighted by Gasteiger charge is 2.19. The average molecular weight is 296 g/mol. The van der Waals surface area contributed by atoms with Gasteiger partial charge in [-0.2, -0.15) is 0 Å². The van der Waals surface area contributed by atoms with Gasteiger partial charge < -0.3 is 21.3 Å². The Labute approximate surface area is 120 Å². The number of benzene rings is 1. The van der Waals surface area contributed by atoms with Crippen molar-refractivity contribution in [3.63, 3.8) is 0 Å². The summed E-state index contributed by atoms with van der Waals surface area (Å²) in [6.07, 6.45) is -1.46. The lowest BCUT2D eigenvalue weighted by Gasteiger charge is -2.15. The van der Waals surface area contributed by atoms with Crippen LogP contribution in [0.25, 0.3) is 0 Å². The normalized spacial score (nSPS) is 12.9. The van der Waals surface area contributed by atoms with Crippen molar-refractivity contribution < 1.29 is 24.6 Å². The summed E-state index contributed by atoms with van der Waals surface area (Å²) in [7, 11) is 0. The molecule has 0 spiro atoms. The van der Waals surface area contributed by atoms with Crippen LogP contribution in [0.15, 0.2) is 30.3 Å². The predicted octanol–water partition coefficient (Wildman–Crippen LogP) is -2.10. The summed E-state index contributed by atoms with van der Waals surface area (Å²) >= 11 is 0. The summed E-state index contributed by atoms with van der Waals surface area (Å²) in [6, 6.07) is 5.86. The van der Waals surface area contributed by atoms with Crippen molar-refractivity contribution in [2.24, 2.45) is 5.73 Å². The number of hydrazine groups is 1. The summed E-state index contributed by atoms with van der Waals surface area (Å²) in [5, 5.41) is 20.5. The molecule has 0 aromatic heterocycles. The van der Waals surface area contributed by atoms with Crippen molar-refractivity contribution >= 4 is 17.8 Å². The fourth-order valence-electron chi connectivity index (χ4n) is 1.37. The van der Waals surface area contributed by atoms with Crippen molar-refractivity contribution in [1.82, 2.24) is 16.2 Å². The van der Waals surface area contributed by atoms with Crippen LogP contribution in [-0.4, -0.2) is 40.7 Å². The second-order valence-corrected chi connectivity index (χ2v) is 4.04. The standard InChI is InChI=1S/C12H16N4O5/c13-10(19)8(6-17)14-12(21)16-15-11(20)9(18)7-4-2-1-3-5-7/h1-5,8-9,17-18H,6H2,(H2,13,19)(H,15,20)(H2,14,16,21)/t8-,9-/m0/s1. The zero-order valence-corrected chi connectivity index (χ0v) is 10.9. The number of carbonyl (C=O) groups excluding carboxylic acids is 3. The van der Waals surface area contributed by atoms with Crippen LogP contribution in [0.3, 0.4) is 0 Å². The number of nitrogens with one attached hydrogen (secondary N) is 3. The van der Waals surface area contributed by atoms with E-state index in [9.17, 15) is 19.5 Å². The van der Waals surface area contributed by atoms with E-state index in [4.69, 9.17) is 10.8 Å². The molecule has 0 saturated carbocycles. The molecule has 0 aliphatic rings. The topological polar surface area (TPSA) is 154 Å². The highest BCUT2D eigenvalue weighted by molar-refractivity contribution is 5.88. The van der Waals surface area contributed by atoms with E-state index in [0.717, 1.165) is 0 Å². The summed E-state index contributed by atoms with van der Waals surface area (Å²) in [6.45, 7) is -0.677. The number of rotatable bonds is 5. The molecule has 0 radical (unpaired) electrons. The zero-order chi connectivity index (χ0) is 15.8. The van der Waals surface area contributed by atoms with E-state index < -0.39 is 36.6 Å². The molecule has 0 aliphatic carbocycles. The van der Waals surface area contributed by atoms with Gasteiger partial charge in [0, 0.05) is 0 Å². The molecule has 4 amide bonds. The first-order valence-corrected chi connectivity index (χ1v) is 5.95. The van der Waals surface area contributed by atoms with Crippen LogP contribution < -0.4 is 21.9 Å². The Balaban J connectivity index is 2.46. The molecule has 0 aliphatic heterocycles. The maximum Gasteiger partial charge on any atom is 0.334 e. The highest BCUT2D eigenvalue weighted by Crippen LogP contribution is 2.11. The lowest BCUT2D eigenvalue weighted by atomic mass is 10.1. The van der Waals surface area contributed by atoms with Gasteiger partial charge in [-0.3, -0.25) is 15.0 Å². The smallest absolute Gasteiger partial charge is 0.334 e. The van der Waals surface area contributed by atoms with Crippen molar-refractivity contribution in [3.05, 3.63) is 35.9 Å². The Kier molecular flexibility index (Phi) is 6.11. The number of carbonyl (C=O) groups is 3. The third kappa shape index (κ3) is 5.09. The van der Waals surface area contributed by atoms with Gasteiger partial charge >= 0.3 is 6.03 Å². The Morgan fingerprint density at radius 1 is 1.14 bits per heavy atom. The number of nitrogens with two attached hydrogens (primary N) is 1. The number of hydrogen-bond acceptors (Lipinski definition) is 5. The number of aliphatic hydroxyl groups excluding tert-OH is 2. The quantitative estimate of drug-likeness (QED) is 0.343. The zero-order valence-electron chi connectivity index (χ0n) is 10.9. The Hall–Kier alpha value is -2.65. The van der Waals surface area contributed by atoms with Crippen molar-refractivity contribution in [2.45, 2.75) is 12.1 Å². The van der Waals surface area contributed by atoms with Crippen LogP contribution in [0.1, 0.15) is 11.7 Å². The van der Waals surface area contributed by atoms with E-state index in [1.165, 1.54) is 0 Å². The van der Waals surface area contributed by atoms with Crippen LogP contribution >= 0.6 is 0 Å². The minimum absolute atomic E-state index is 0.350. The van der Waals surface area contributed by atoms with Gasteiger partial charge in [0.05, 0.1) is 6.61 Å². The predicted molar refractivity (Wildman–Crippen MR) is 71.3 cm³/mol. The Morgan fingerprint density at radius 2 is 1.76 bits per heavy atom. The van der Waals surface area contributed by atoms with Crippen LogP contribution in [0.2, 0.25) is 0 Å². The molecule has 1 rings (SSSR count). The van der Waals surface area contributed by atoms with Crippen molar-refractivity contribution in [3.8, 4) is 0 Å². The maximum absolute atomic E-state index is 11.6. The molecule has 7 N–H and O–H groups in total. The number of primary amides is 1. The number of aliphatic hydroxyl groups is 2. The van der Waals surface area contributed by atoms with E-state index in [0.29, 0.717) is 5.56 Å². The third-order valence-corrected chi connectivity index (χ3v) is 2.49. The van der Waals surface area contributed by atoms with E-state index in [-0.39, 0.29) is 0 Å². The maximum atomic E-state index is 11.6. The minimum atomic E-state index is -1.46. The largest absolute Gasteiger partial charge is 0.394 e. The molecule has 1 aromatic carbocycles. The van der Waals surface area contributed by atoms with Gasteiger partial charge in [-0.15, -0.1) is 0 Å². The fourth-order valence-corrected chi connectivity index (χ4v) is 1.37. The third-order valence-electron chi connectivity index (χ3n) is 2.49. The molecule has 0 bridgehead atoms. The van der Waals surface area contributed by atoms with Crippen molar-refractivity contribution in [2.75, 3.05) is 6.61 Å². The van der Waals surface area contributed by atoms with Gasteiger partial charge in [-0.1, -0.05) is 30.3 Å². The first-order valence-electron chi connectivity index (χ1n) is 5.95. The molecule has 0 heterocycles. The summed E-state index contributed by atoms with van der Waals surface area (Å²) < 4.78 is 0. The summed E-state index contributed by atoms with van der Waals surface area (Å²) in [4.78, 5) is 33.7. The molecular formula is C12H16N4O5. The van der Waals surface area contributed by atoms with Crippen LogP contribution in [0.5, 0.6) is 0 Å². The molecule has 0 unspecified atom stereocenters. The molecule has 21 heavy (non-hydrogen) atoms. The lowest BCUT2D eigenvalue weighted by Crippen LogP contribution is -2.54. The molecular weight excluding hydrogens is 280 g/mol. The number of urea groups is 1. The summed E-state index contributed by atoms with van der Waals surface area (Å²) in [5.74, 6) is -1.79. The number of amides is 4. The first-order chi connectivity index (χ1) is 9.95. The van der Waals surface area contributed by atoms with Crippen molar-refractivity contribution in [1.29, 1.82) is 0 Å². The van der Waals surface area contributed by atoms with Gasteiger partial charge in [-0.25, -0.2) is 10.2 Å². The van der Waals surface area contributed by atoms with Crippen LogP contribution in [0.4, 0.5) is 4.79 Å². The van der Waals surface area contributed by atoms with Crippen LogP contribution in [-0.2, 0) is 9.59 Å². The summed E-state index contributed by atoms with van der Waals surface area (Å²) in [5.41, 5.74) is 9.15. The molecule has 1 aromatic rings. The molecule has 2 atom stereocenters. The van der Waals surface area contributed by atoms with E-state index >= 15 is 0 Å². The fraction of sp³-hybridized carbons (Fsp3) is 0.250. The van der Waals surface area contributed by atoms with Gasteiger partial charge in [0.25, 0.3) is 5.91 Å². The molecule has 9 heteroatoms. The van der Waals surface area contributed by atoms with Gasteiger partial charge in [-0.05, 0) is 5.56 Å². The second-order valence-electron chi connectivity index (χ2n) is 4.04. The lowest BCUT2D eigenvalue weighted by molar-refractivity contribution is -0.130. The monoisotopic (exact) mass is 296 g/mol. The molecule has 0 fully saturated rings. The van der Waals surface area contributed by atoms with E-state index in [2.05, 4.69) is 0 Å². The Bertz CT molecular complexity index is 508. The van der Waals surface area contributed by atoms with Gasteiger partial charge in [0.2, 0.25) is 5.91 Å². The Morgan fingerprint density at radius 3 is 2.29 bits per heavy atom. The second kappa shape index (κ2) is 7.82. The van der Waals surface area contributed by atoms with Gasteiger partial charge in [0.1, 0.15) is 6.04 Å². The molecule has 114 valence electrons. The minimum Gasteiger partial charge on any atom is -0.394 e. The van der Waals surface area contributed by atoms with E-state index in [1.54, 1.807) is 30.3 Å². The first kappa shape index (κ1) is 16.4. The molecule has 9 nitrogen and oxygen atoms in total. The number of hydrogen-bond donors (Lipinski definition) is 6. The average Bonchev–Trinajstić information content (AvgIpc) is 2.49. The van der Waals surface area contributed by atoms with Crippen LogP contribution in [0, 0.1) is 0 Å². The highest BCUT2D eigenvalue weighted by atomic mass is 16.3. The SMILES string of the molecule is NC(=O)[C@H](CO)NC(=O)NNC(=O)[C@@H](O)c1ccccc1. The van der Waals surface area contributed by atoms with E-state index in [1.807, 2.05) is 16.2 Å². The molecule has 0 saturated heterocycles. The van der Waals surface area contributed by atoms with Gasteiger partial charge in [0.15, 0.2) is 6.10 Å².